The Balaban J connectivity index is 1.84. The highest BCUT2D eigenvalue weighted by Gasteiger charge is 2.27. The minimum absolute atomic E-state index is 0.125. The summed E-state index contributed by atoms with van der Waals surface area (Å²) in [5.41, 5.74) is 2.29. The maximum Gasteiger partial charge on any atom is 0.243 e. The first-order valence-corrected chi connectivity index (χ1v) is 12.3. The van der Waals surface area contributed by atoms with E-state index in [-0.39, 0.29) is 18.0 Å². The number of halogens is 1. The van der Waals surface area contributed by atoms with Crippen LogP contribution in [0.5, 0.6) is 5.75 Å². The van der Waals surface area contributed by atoms with Crippen molar-refractivity contribution in [2.24, 2.45) is 0 Å². The van der Waals surface area contributed by atoms with Crippen LogP contribution in [0.2, 0.25) is 0 Å². The molecule has 6 nitrogen and oxygen atoms in total. The topological polar surface area (TPSA) is 75.7 Å². The molecule has 3 rings (SSSR count). The van der Waals surface area contributed by atoms with Gasteiger partial charge in [0.25, 0.3) is 0 Å². The third-order valence-corrected chi connectivity index (χ3v) is 7.31. The second-order valence-corrected chi connectivity index (χ2v) is 10.1. The molecule has 0 fully saturated rings. The number of methoxy groups -OCH3 is 1. The van der Waals surface area contributed by atoms with Crippen LogP contribution < -0.4 is 10.1 Å². The average Bonchev–Trinajstić information content (AvgIpc) is 2.78. The zero-order valence-electron chi connectivity index (χ0n) is 17.9. The molecule has 0 spiro atoms. The highest BCUT2D eigenvalue weighted by Crippen LogP contribution is 2.24. The van der Waals surface area contributed by atoms with Crippen LogP contribution in [0.1, 0.15) is 11.1 Å². The van der Waals surface area contributed by atoms with E-state index in [4.69, 9.17) is 4.74 Å². The number of nitrogens with zero attached hydrogens (tertiary/aromatic N) is 1. The van der Waals surface area contributed by atoms with Crippen molar-refractivity contribution in [3.63, 3.8) is 0 Å². The molecule has 32 heavy (non-hydrogen) atoms. The van der Waals surface area contributed by atoms with Crippen molar-refractivity contribution in [1.82, 2.24) is 4.31 Å². The minimum Gasteiger partial charge on any atom is -0.496 e. The second-order valence-electron chi connectivity index (χ2n) is 7.26. The van der Waals surface area contributed by atoms with Gasteiger partial charge in [-0.1, -0.05) is 46.3 Å². The number of aryl methyl sites for hydroxylation is 1. The Morgan fingerprint density at radius 3 is 2.34 bits per heavy atom. The molecular formula is C24H25BrN2O4S. The molecule has 3 aromatic carbocycles. The number of anilines is 1. The highest BCUT2D eigenvalue weighted by atomic mass is 79.9. The molecule has 0 atom stereocenters. The fourth-order valence-electron chi connectivity index (χ4n) is 3.24. The SMILES string of the molecule is COc1ccc(S(=O)(=O)N(CCc2ccccc2)CC(=O)Nc2ccc(Br)cc2)cc1C. The van der Waals surface area contributed by atoms with Crippen molar-refractivity contribution < 1.29 is 17.9 Å². The Hall–Kier alpha value is -2.68. The normalized spacial score (nSPS) is 11.4. The molecule has 0 aliphatic heterocycles. The number of carbonyl (C=O) groups is 1. The van der Waals surface area contributed by atoms with E-state index in [1.54, 1.807) is 43.3 Å². The monoisotopic (exact) mass is 516 g/mol. The van der Waals surface area contributed by atoms with Crippen LogP contribution in [0.4, 0.5) is 5.69 Å². The molecule has 1 N–H and O–H groups in total. The van der Waals surface area contributed by atoms with E-state index in [9.17, 15) is 13.2 Å². The average molecular weight is 517 g/mol. The first kappa shape index (κ1) is 24.0. The van der Waals surface area contributed by atoms with Crippen molar-refractivity contribution in [1.29, 1.82) is 0 Å². The molecule has 0 unspecified atom stereocenters. The lowest BCUT2D eigenvalue weighted by molar-refractivity contribution is -0.116. The quantitative estimate of drug-likeness (QED) is 0.449. The van der Waals surface area contributed by atoms with Gasteiger partial charge in [0.15, 0.2) is 0 Å². The van der Waals surface area contributed by atoms with E-state index in [2.05, 4.69) is 21.2 Å². The molecule has 0 radical (unpaired) electrons. The second kappa shape index (κ2) is 10.8. The number of benzene rings is 3. The summed E-state index contributed by atoms with van der Waals surface area (Å²) in [5.74, 6) is 0.196. The molecule has 8 heteroatoms. The first-order valence-electron chi connectivity index (χ1n) is 10.0. The molecule has 0 saturated heterocycles. The fraction of sp³-hybridized carbons (Fsp3) is 0.208. The maximum absolute atomic E-state index is 13.4. The molecule has 3 aromatic rings. The van der Waals surface area contributed by atoms with Crippen LogP contribution in [-0.2, 0) is 21.2 Å². The van der Waals surface area contributed by atoms with Crippen LogP contribution in [0.3, 0.4) is 0 Å². The third-order valence-electron chi connectivity index (χ3n) is 4.94. The van der Waals surface area contributed by atoms with E-state index < -0.39 is 15.9 Å². The van der Waals surface area contributed by atoms with Crippen LogP contribution in [0.15, 0.2) is 82.2 Å². The summed E-state index contributed by atoms with van der Waals surface area (Å²) in [5, 5.41) is 2.77. The van der Waals surface area contributed by atoms with Crippen molar-refractivity contribution in [3.8, 4) is 5.75 Å². The number of nitrogens with one attached hydrogen (secondary N) is 1. The van der Waals surface area contributed by atoms with Gasteiger partial charge < -0.3 is 10.1 Å². The van der Waals surface area contributed by atoms with Gasteiger partial charge in [-0.3, -0.25) is 4.79 Å². The van der Waals surface area contributed by atoms with E-state index in [1.165, 1.54) is 17.5 Å². The van der Waals surface area contributed by atoms with E-state index in [0.29, 0.717) is 23.4 Å². The van der Waals surface area contributed by atoms with Crippen molar-refractivity contribution in [3.05, 3.63) is 88.4 Å². The summed E-state index contributed by atoms with van der Waals surface area (Å²) in [4.78, 5) is 12.8. The summed E-state index contributed by atoms with van der Waals surface area (Å²) < 4.78 is 34.2. The molecule has 0 aliphatic rings. The summed E-state index contributed by atoms with van der Waals surface area (Å²) in [6.45, 7) is 1.66. The Bertz CT molecular complexity index is 1170. The number of amides is 1. The fourth-order valence-corrected chi connectivity index (χ4v) is 4.98. The van der Waals surface area contributed by atoms with Crippen molar-refractivity contribution in [2.45, 2.75) is 18.2 Å². The minimum atomic E-state index is -3.90. The summed E-state index contributed by atoms with van der Waals surface area (Å²) in [6.07, 6.45) is 0.487. The number of hydrogen-bond donors (Lipinski definition) is 1. The zero-order valence-corrected chi connectivity index (χ0v) is 20.3. The standard InChI is InChI=1S/C24H25BrN2O4S/c1-18-16-22(12-13-23(18)31-2)32(29,30)27(15-14-19-6-4-3-5-7-19)17-24(28)26-21-10-8-20(25)9-11-21/h3-13,16H,14-15,17H2,1-2H3,(H,26,28). The molecule has 1 amide bonds. The van der Waals surface area contributed by atoms with Crippen LogP contribution in [-0.4, -0.2) is 38.8 Å². The van der Waals surface area contributed by atoms with Gasteiger partial charge in [-0.05, 0) is 66.9 Å². The molecule has 0 saturated carbocycles. The number of rotatable bonds is 9. The van der Waals surface area contributed by atoms with Gasteiger partial charge >= 0.3 is 0 Å². The smallest absolute Gasteiger partial charge is 0.243 e. The van der Waals surface area contributed by atoms with Crippen molar-refractivity contribution in [2.75, 3.05) is 25.5 Å². The molecule has 0 bridgehead atoms. The first-order chi connectivity index (χ1) is 15.3. The van der Waals surface area contributed by atoms with Crippen LogP contribution in [0, 0.1) is 6.92 Å². The number of carbonyl (C=O) groups excluding carboxylic acids is 1. The summed E-state index contributed by atoms with van der Waals surface area (Å²) in [6, 6.07) is 21.4. The Kier molecular flexibility index (Phi) is 8.06. The van der Waals surface area contributed by atoms with E-state index in [0.717, 1.165) is 10.0 Å². The van der Waals surface area contributed by atoms with Crippen molar-refractivity contribution >= 4 is 37.5 Å². The lowest BCUT2D eigenvalue weighted by Crippen LogP contribution is -2.39. The van der Waals surface area contributed by atoms with Gasteiger partial charge in [0.2, 0.25) is 15.9 Å². The largest absolute Gasteiger partial charge is 0.496 e. The number of ether oxygens (including phenoxy) is 1. The lowest BCUT2D eigenvalue weighted by atomic mass is 10.1. The van der Waals surface area contributed by atoms with Crippen LogP contribution in [0.25, 0.3) is 0 Å². The zero-order chi connectivity index (χ0) is 23.1. The highest BCUT2D eigenvalue weighted by molar-refractivity contribution is 9.10. The van der Waals surface area contributed by atoms with E-state index in [1.807, 2.05) is 30.3 Å². The van der Waals surface area contributed by atoms with Gasteiger partial charge in [0.05, 0.1) is 18.6 Å². The van der Waals surface area contributed by atoms with Gasteiger partial charge in [-0.15, -0.1) is 0 Å². The molecular weight excluding hydrogens is 492 g/mol. The molecule has 0 heterocycles. The third kappa shape index (κ3) is 6.18. The predicted octanol–water partition coefficient (Wildman–Crippen LogP) is 4.64. The lowest BCUT2D eigenvalue weighted by Gasteiger charge is -2.22. The molecule has 0 aliphatic carbocycles. The Morgan fingerprint density at radius 1 is 1.03 bits per heavy atom. The summed E-state index contributed by atoms with van der Waals surface area (Å²) in [7, 11) is -2.37. The molecule has 0 aromatic heterocycles. The predicted molar refractivity (Wildman–Crippen MR) is 129 cm³/mol. The Labute approximate surface area is 197 Å². The number of hydrogen-bond acceptors (Lipinski definition) is 4. The van der Waals surface area contributed by atoms with Crippen LogP contribution >= 0.6 is 15.9 Å². The Morgan fingerprint density at radius 2 is 1.72 bits per heavy atom. The van der Waals surface area contributed by atoms with Gasteiger partial charge in [0, 0.05) is 16.7 Å². The van der Waals surface area contributed by atoms with Gasteiger partial charge in [-0.2, -0.15) is 4.31 Å². The summed E-state index contributed by atoms with van der Waals surface area (Å²) >= 11 is 3.35. The maximum atomic E-state index is 13.4. The van der Waals surface area contributed by atoms with Gasteiger partial charge in [0.1, 0.15) is 5.75 Å². The van der Waals surface area contributed by atoms with Gasteiger partial charge in [-0.25, -0.2) is 8.42 Å². The van der Waals surface area contributed by atoms with E-state index >= 15 is 0 Å². The number of sulfonamides is 1. The molecule has 168 valence electrons.